The minimum Gasteiger partial charge on any atom is -0.497 e. The van der Waals surface area contributed by atoms with Gasteiger partial charge in [-0.05, 0) is 48.6 Å². The summed E-state index contributed by atoms with van der Waals surface area (Å²) in [4.78, 5) is 14.8. The Labute approximate surface area is 164 Å². The van der Waals surface area contributed by atoms with Crippen LogP contribution in [0, 0.1) is 0 Å². The first kappa shape index (κ1) is 19.5. The molecule has 2 unspecified atom stereocenters. The number of methoxy groups -OCH3 is 1. The lowest BCUT2D eigenvalue weighted by Crippen LogP contribution is -2.44. The van der Waals surface area contributed by atoms with E-state index in [1.54, 1.807) is 7.11 Å². The van der Waals surface area contributed by atoms with Crippen LogP contribution in [0.3, 0.4) is 0 Å². The Bertz CT molecular complexity index is 784. The highest BCUT2D eigenvalue weighted by Crippen LogP contribution is 2.31. The number of hydrogen-bond donors (Lipinski definition) is 2. The second-order valence-electron chi connectivity index (χ2n) is 6.68. The fourth-order valence-corrected chi connectivity index (χ4v) is 3.87. The van der Waals surface area contributed by atoms with Crippen LogP contribution in [0.1, 0.15) is 36.4 Å². The quantitative estimate of drug-likeness (QED) is 0.786. The van der Waals surface area contributed by atoms with Gasteiger partial charge < -0.3 is 20.1 Å². The van der Waals surface area contributed by atoms with E-state index in [4.69, 9.17) is 16.3 Å². The molecule has 5 nitrogen and oxygen atoms in total. The van der Waals surface area contributed by atoms with E-state index < -0.39 is 6.04 Å². The SMILES string of the molecule is COc1cccc(C(NC(=O)N2CCCC2CCO)c2ccccc2Cl)c1. The number of benzene rings is 2. The van der Waals surface area contributed by atoms with Gasteiger partial charge in [0.2, 0.25) is 0 Å². The maximum Gasteiger partial charge on any atom is 0.318 e. The van der Waals surface area contributed by atoms with Gasteiger partial charge in [-0.2, -0.15) is 0 Å². The smallest absolute Gasteiger partial charge is 0.318 e. The molecule has 2 aromatic rings. The van der Waals surface area contributed by atoms with E-state index >= 15 is 0 Å². The number of carbonyl (C=O) groups is 1. The van der Waals surface area contributed by atoms with Gasteiger partial charge >= 0.3 is 6.03 Å². The molecule has 0 bridgehead atoms. The fraction of sp³-hybridized carbons (Fsp3) is 0.381. The first-order valence-corrected chi connectivity index (χ1v) is 9.58. The molecule has 0 aliphatic carbocycles. The summed E-state index contributed by atoms with van der Waals surface area (Å²) in [5.41, 5.74) is 1.73. The predicted octanol–water partition coefficient (Wildman–Crippen LogP) is 3.99. The van der Waals surface area contributed by atoms with Gasteiger partial charge in [-0.15, -0.1) is 0 Å². The third-order valence-electron chi connectivity index (χ3n) is 5.01. The molecular weight excluding hydrogens is 364 g/mol. The molecule has 2 atom stereocenters. The van der Waals surface area contributed by atoms with Crippen molar-refractivity contribution in [2.45, 2.75) is 31.3 Å². The van der Waals surface area contributed by atoms with Crippen LogP contribution in [0.25, 0.3) is 0 Å². The van der Waals surface area contributed by atoms with Crippen molar-refractivity contribution in [3.8, 4) is 5.75 Å². The average Bonchev–Trinajstić information content (AvgIpc) is 3.15. The van der Waals surface area contributed by atoms with Gasteiger partial charge in [-0.25, -0.2) is 4.79 Å². The molecule has 1 fully saturated rings. The van der Waals surface area contributed by atoms with Crippen molar-refractivity contribution in [1.82, 2.24) is 10.2 Å². The second-order valence-corrected chi connectivity index (χ2v) is 7.09. The number of urea groups is 1. The molecule has 0 spiro atoms. The maximum atomic E-state index is 13.0. The number of halogens is 1. The molecule has 2 N–H and O–H groups in total. The van der Waals surface area contributed by atoms with Crippen molar-refractivity contribution in [3.05, 3.63) is 64.7 Å². The summed E-state index contributed by atoms with van der Waals surface area (Å²) in [5, 5.41) is 13.0. The summed E-state index contributed by atoms with van der Waals surface area (Å²) in [5.74, 6) is 0.720. The van der Waals surface area contributed by atoms with Crippen molar-refractivity contribution < 1.29 is 14.6 Å². The Morgan fingerprint density at radius 2 is 2.15 bits per heavy atom. The molecule has 1 aliphatic rings. The number of aliphatic hydroxyl groups excluding tert-OH is 1. The maximum absolute atomic E-state index is 13.0. The van der Waals surface area contributed by atoms with Crippen LogP contribution in [0.15, 0.2) is 48.5 Å². The van der Waals surface area contributed by atoms with Crippen LogP contribution >= 0.6 is 11.6 Å². The lowest BCUT2D eigenvalue weighted by atomic mass is 9.98. The Kier molecular flexibility index (Phi) is 6.58. The third-order valence-corrected chi connectivity index (χ3v) is 5.36. The van der Waals surface area contributed by atoms with E-state index in [-0.39, 0.29) is 18.7 Å². The van der Waals surface area contributed by atoms with E-state index in [0.717, 1.165) is 29.7 Å². The molecule has 2 aromatic carbocycles. The van der Waals surface area contributed by atoms with Crippen molar-refractivity contribution in [2.24, 2.45) is 0 Å². The topological polar surface area (TPSA) is 61.8 Å². The number of nitrogens with one attached hydrogen (secondary N) is 1. The highest BCUT2D eigenvalue weighted by molar-refractivity contribution is 6.31. The average molecular weight is 389 g/mol. The first-order chi connectivity index (χ1) is 13.1. The number of amides is 2. The molecule has 6 heteroatoms. The van der Waals surface area contributed by atoms with Gasteiger partial charge in [-0.3, -0.25) is 0 Å². The van der Waals surface area contributed by atoms with Gasteiger partial charge in [0.05, 0.1) is 13.2 Å². The molecule has 0 radical (unpaired) electrons. The number of aliphatic hydroxyl groups is 1. The lowest BCUT2D eigenvalue weighted by Gasteiger charge is -2.28. The Morgan fingerprint density at radius 1 is 1.33 bits per heavy atom. The highest BCUT2D eigenvalue weighted by Gasteiger charge is 2.30. The minimum absolute atomic E-state index is 0.0761. The first-order valence-electron chi connectivity index (χ1n) is 9.20. The van der Waals surface area contributed by atoms with E-state index in [1.807, 2.05) is 53.4 Å². The summed E-state index contributed by atoms with van der Waals surface area (Å²) in [6, 6.07) is 14.7. The number of carbonyl (C=O) groups excluding carboxylic acids is 1. The molecule has 27 heavy (non-hydrogen) atoms. The Hall–Kier alpha value is -2.24. The third kappa shape index (κ3) is 4.54. The molecule has 1 aliphatic heterocycles. The zero-order valence-corrected chi connectivity index (χ0v) is 16.2. The predicted molar refractivity (Wildman–Crippen MR) is 106 cm³/mol. The number of hydrogen-bond acceptors (Lipinski definition) is 3. The number of nitrogens with zero attached hydrogens (tertiary/aromatic N) is 1. The van der Waals surface area contributed by atoms with Gasteiger partial charge in [0.25, 0.3) is 0 Å². The molecule has 1 heterocycles. The monoisotopic (exact) mass is 388 g/mol. The lowest BCUT2D eigenvalue weighted by molar-refractivity contribution is 0.175. The zero-order chi connectivity index (χ0) is 19.2. The molecule has 144 valence electrons. The number of likely N-dealkylation sites (tertiary alicyclic amines) is 1. The largest absolute Gasteiger partial charge is 0.497 e. The van der Waals surface area contributed by atoms with Crippen LogP contribution in [0.5, 0.6) is 5.75 Å². The normalized spacial score (nSPS) is 17.6. The van der Waals surface area contributed by atoms with Crippen LogP contribution in [-0.4, -0.2) is 42.3 Å². The second kappa shape index (κ2) is 9.11. The molecular formula is C21H25ClN2O3. The Morgan fingerprint density at radius 3 is 2.89 bits per heavy atom. The fourth-order valence-electron chi connectivity index (χ4n) is 3.63. The van der Waals surface area contributed by atoms with Crippen molar-refractivity contribution in [1.29, 1.82) is 0 Å². The van der Waals surface area contributed by atoms with E-state index in [0.29, 0.717) is 18.0 Å². The minimum atomic E-state index is -0.392. The van der Waals surface area contributed by atoms with Gasteiger partial charge in [0.15, 0.2) is 0 Å². The highest BCUT2D eigenvalue weighted by atomic mass is 35.5. The van der Waals surface area contributed by atoms with Crippen LogP contribution < -0.4 is 10.1 Å². The van der Waals surface area contributed by atoms with Crippen LogP contribution in [0.4, 0.5) is 4.79 Å². The summed E-state index contributed by atoms with van der Waals surface area (Å²) in [6.45, 7) is 0.780. The van der Waals surface area contributed by atoms with E-state index in [9.17, 15) is 9.90 Å². The summed E-state index contributed by atoms with van der Waals surface area (Å²) in [7, 11) is 1.62. The standard InChI is InChI=1S/C21H25ClN2O3/c1-27-17-8-4-6-15(14-17)20(18-9-2-3-10-19(18)22)23-21(26)24-12-5-7-16(24)11-13-25/h2-4,6,8-10,14,16,20,25H,5,7,11-13H2,1H3,(H,23,26). The van der Waals surface area contributed by atoms with Gasteiger partial charge in [-0.1, -0.05) is 41.9 Å². The van der Waals surface area contributed by atoms with E-state index in [2.05, 4.69) is 5.32 Å². The number of rotatable bonds is 6. The number of ether oxygens (including phenoxy) is 1. The molecule has 0 aromatic heterocycles. The van der Waals surface area contributed by atoms with Crippen molar-refractivity contribution >= 4 is 17.6 Å². The summed E-state index contributed by atoms with van der Waals surface area (Å²) < 4.78 is 5.34. The van der Waals surface area contributed by atoms with E-state index in [1.165, 1.54) is 0 Å². The van der Waals surface area contributed by atoms with Gasteiger partial charge in [0.1, 0.15) is 5.75 Å². The van der Waals surface area contributed by atoms with Crippen LogP contribution in [0.2, 0.25) is 5.02 Å². The van der Waals surface area contributed by atoms with Crippen LogP contribution in [-0.2, 0) is 0 Å². The molecule has 0 saturated carbocycles. The summed E-state index contributed by atoms with van der Waals surface area (Å²) >= 11 is 6.43. The van der Waals surface area contributed by atoms with Crippen molar-refractivity contribution in [2.75, 3.05) is 20.3 Å². The Balaban J connectivity index is 1.90. The molecule has 2 amide bonds. The molecule has 3 rings (SSSR count). The molecule has 1 saturated heterocycles. The zero-order valence-electron chi connectivity index (χ0n) is 15.4. The van der Waals surface area contributed by atoms with Gasteiger partial charge in [0, 0.05) is 24.2 Å². The summed E-state index contributed by atoms with van der Waals surface area (Å²) in [6.07, 6.45) is 2.47. The van der Waals surface area contributed by atoms with Crippen molar-refractivity contribution in [3.63, 3.8) is 0 Å².